The van der Waals surface area contributed by atoms with Crippen LogP contribution < -0.4 is 0 Å². The lowest BCUT2D eigenvalue weighted by Crippen LogP contribution is -2.27. The fourth-order valence-electron chi connectivity index (χ4n) is 5.33. The summed E-state index contributed by atoms with van der Waals surface area (Å²) in [4.78, 5) is 0. The Balaban J connectivity index is 1.77. The van der Waals surface area contributed by atoms with Gasteiger partial charge >= 0.3 is 0 Å². The zero-order valence-corrected chi connectivity index (χ0v) is 21.2. The van der Waals surface area contributed by atoms with Gasteiger partial charge in [-0.25, -0.2) is 16.6 Å². The van der Waals surface area contributed by atoms with Crippen molar-refractivity contribution >= 4 is 0 Å². The van der Waals surface area contributed by atoms with Crippen LogP contribution in [0.2, 0.25) is 0 Å². The van der Waals surface area contributed by atoms with Crippen LogP contribution in [0.1, 0.15) is 81.0 Å². The molecule has 0 spiro atoms. The normalized spacial score (nSPS) is 15.2. The second-order valence-corrected chi connectivity index (χ2v) is 9.57. The predicted molar refractivity (Wildman–Crippen MR) is 143 cm³/mol. The van der Waals surface area contributed by atoms with Gasteiger partial charge < -0.3 is 0 Å². The molecule has 3 aromatic rings. The molecule has 3 rings (SSSR count). The van der Waals surface area contributed by atoms with Crippen LogP contribution in [0.3, 0.4) is 0 Å². The van der Waals surface area contributed by atoms with E-state index in [9.17, 15) is 0 Å². The van der Waals surface area contributed by atoms with Crippen LogP contribution >= 0.6 is 0 Å². The van der Waals surface area contributed by atoms with Crippen molar-refractivity contribution in [2.24, 2.45) is 15.3 Å². The van der Waals surface area contributed by atoms with Crippen LogP contribution in [0.25, 0.3) is 0 Å². The third kappa shape index (κ3) is 6.56. The highest BCUT2D eigenvalue weighted by molar-refractivity contribution is 5.26. The standard InChI is InChI=1S/C30H38N6/c1-2-21-29(35-32,26-16-8-4-9-17-26)23-13-24-30(36-33,27-18-10-5-11-19-27)22-12-20-28(34-31)25-14-6-3-7-15-25/h3-11,14-19,28,31-33H,2,12-13,20-24H2,1H3. The molecule has 0 radical (unpaired) electrons. The quantitative estimate of drug-likeness (QED) is 0.169. The Morgan fingerprint density at radius 3 is 1.50 bits per heavy atom. The van der Waals surface area contributed by atoms with Gasteiger partial charge in [0.05, 0.1) is 6.04 Å². The van der Waals surface area contributed by atoms with Gasteiger partial charge in [-0.3, -0.25) is 0 Å². The molecule has 6 heteroatoms. The van der Waals surface area contributed by atoms with Crippen LogP contribution in [-0.4, -0.2) is 0 Å². The van der Waals surface area contributed by atoms with Crippen molar-refractivity contribution in [3.05, 3.63) is 108 Å². The fourth-order valence-corrected chi connectivity index (χ4v) is 5.33. The van der Waals surface area contributed by atoms with E-state index in [0.29, 0.717) is 12.8 Å². The van der Waals surface area contributed by atoms with E-state index in [1.54, 1.807) is 0 Å². The second-order valence-electron chi connectivity index (χ2n) is 9.57. The Morgan fingerprint density at radius 1 is 0.611 bits per heavy atom. The minimum atomic E-state index is -0.638. The van der Waals surface area contributed by atoms with Crippen molar-refractivity contribution in [3.63, 3.8) is 0 Å². The van der Waals surface area contributed by atoms with Crippen molar-refractivity contribution in [3.8, 4) is 0 Å². The third-order valence-electron chi connectivity index (χ3n) is 7.30. The second kappa shape index (κ2) is 13.5. The number of nitrogens with one attached hydrogen (secondary N) is 3. The van der Waals surface area contributed by atoms with Gasteiger partial charge in [0.2, 0.25) is 0 Å². The summed E-state index contributed by atoms with van der Waals surface area (Å²) in [5, 5.41) is 12.3. The number of hydrogen-bond acceptors (Lipinski definition) is 6. The van der Waals surface area contributed by atoms with E-state index in [4.69, 9.17) is 16.6 Å². The van der Waals surface area contributed by atoms with Crippen LogP contribution in [0.5, 0.6) is 0 Å². The molecule has 0 bridgehead atoms. The zero-order valence-electron chi connectivity index (χ0n) is 21.2. The monoisotopic (exact) mass is 482 g/mol. The lowest BCUT2D eigenvalue weighted by Gasteiger charge is -2.33. The third-order valence-corrected chi connectivity index (χ3v) is 7.30. The molecule has 3 atom stereocenters. The zero-order chi connectivity index (χ0) is 25.7. The van der Waals surface area contributed by atoms with Crippen LogP contribution in [0.4, 0.5) is 0 Å². The molecule has 0 aromatic heterocycles. The summed E-state index contributed by atoms with van der Waals surface area (Å²) in [6.07, 6.45) is 6.28. The first kappa shape index (κ1) is 27.1. The molecule has 3 aromatic carbocycles. The molecule has 0 aliphatic heterocycles. The van der Waals surface area contributed by atoms with Crippen LogP contribution in [-0.2, 0) is 11.1 Å². The molecule has 0 saturated carbocycles. The van der Waals surface area contributed by atoms with Crippen molar-refractivity contribution in [2.75, 3.05) is 0 Å². The minimum absolute atomic E-state index is 0.178. The van der Waals surface area contributed by atoms with Gasteiger partial charge in [-0.15, -0.1) is 0 Å². The maximum atomic E-state index is 8.27. The summed E-state index contributed by atoms with van der Waals surface area (Å²) in [5.74, 6) is 0. The molecule has 0 amide bonds. The highest BCUT2D eigenvalue weighted by Gasteiger charge is 2.35. The molecule has 0 aliphatic carbocycles. The Hall–Kier alpha value is -3.54. The van der Waals surface area contributed by atoms with Gasteiger partial charge in [0, 0.05) is 0 Å². The van der Waals surface area contributed by atoms with Crippen molar-refractivity contribution in [1.82, 2.24) is 0 Å². The molecular formula is C30H38N6. The van der Waals surface area contributed by atoms with Crippen LogP contribution in [0, 0.1) is 16.6 Å². The molecule has 6 nitrogen and oxygen atoms in total. The van der Waals surface area contributed by atoms with E-state index >= 15 is 0 Å². The Bertz CT molecular complexity index is 1070. The maximum Gasteiger partial charge on any atom is 0.106 e. The number of benzene rings is 3. The average molecular weight is 483 g/mol. The SMILES string of the molecule is CCCC(CCCC(CCCC(N=N)c1ccccc1)(N=N)c1ccccc1)(N=N)c1ccccc1. The van der Waals surface area contributed by atoms with Gasteiger partial charge in [0.25, 0.3) is 0 Å². The van der Waals surface area contributed by atoms with Gasteiger partial charge in [0.15, 0.2) is 0 Å². The summed E-state index contributed by atoms with van der Waals surface area (Å²) in [5.41, 5.74) is 26.1. The summed E-state index contributed by atoms with van der Waals surface area (Å²) >= 11 is 0. The Morgan fingerprint density at radius 2 is 1.06 bits per heavy atom. The number of nitrogens with zero attached hydrogens (tertiary/aromatic N) is 3. The van der Waals surface area contributed by atoms with Gasteiger partial charge in [-0.1, -0.05) is 104 Å². The minimum Gasteiger partial charge on any atom is -0.209 e. The van der Waals surface area contributed by atoms with E-state index in [2.05, 4.69) is 46.5 Å². The molecule has 188 valence electrons. The molecule has 0 fully saturated rings. The van der Waals surface area contributed by atoms with Crippen molar-refractivity contribution < 1.29 is 0 Å². The van der Waals surface area contributed by atoms with Gasteiger partial charge in [-0.2, -0.15) is 15.3 Å². The topological polar surface area (TPSA) is 109 Å². The van der Waals surface area contributed by atoms with E-state index in [0.717, 1.165) is 55.2 Å². The van der Waals surface area contributed by atoms with Crippen molar-refractivity contribution in [1.29, 1.82) is 16.6 Å². The average Bonchev–Trinajstić information content (AvgIpc) is 2.95. The Labute approximate surface area is 215 Å². The highest BCUT2D eigenvalue weighted by Crippen LogP contribution is 2.42. The largest absolute Gasteiger partial charge is 0.209 e. The van der Waals surface area contributed by atoms with Gasteiger partial charge in [0.1, 0.15) is 11.1 Å². The summed E-state index contributed by atoms with van der Waals surface area (Å²) < 4.78 is 0. The summed E-state index contributed by atoms with van der Waals surface area (Å²) in [6, 6.07) is 30.1. The maximum absolute atomic E-state index is 8.27. The van der Waals surface area contributed by atoms with Crippen molar-refractivity contribution in [2.45, 2.75) is 75.4 Å². The molecular weight excluding hydrogens is 444 g/mol. The van der Waals surface area contributed by atoms with E-state index in [-0.39, 0.29) is 6.04 Å². The molecule has 0 saturated heterocycles. The fraction of sp³-hybridized carbons (Fsp3) is 0.400. The first-order chi connectivity index (χ1) is 17.6. The Kier molecular flexibility index (Phi) is 10.2. The molecule has 0 heterocycles. The number of hydrogen-bond donors (Lipinski definition) is 3. The molecule has 36 heavy (non-hydrogen) atoms. The predicted octanol–water partition coefficient (Wildman–Crippen LogP) is 9.75. The molecule has 3 unspecified atom stereocenters. The highest BCUT2D eigenvalue weighted by atomic mass is 15.0. The summed E-state index contributed by atoms with van der Waals surface area (Å²) in [6.45, 7) is 2.14. The lowest BCUT2D eigenvalue weighted by atomic mass is 9.77. The van der Waals surface area contributed by atoms with Crippen LogP contribution in [0.15, 0.2) is 106 Å². The first-order valence-corrected chi connectivity index (χ1v) is 12.9. The summed E-state index contributed by atoms with van der Waals surface area (Å²) in [7, 11) is 0. The van der Waals surface area contributed by atoms with Gasteiger partial charge in [-0.05, 0) is 61.6 Å². The van der Waals surface area contributed by atoms with E-state index in [1.165, 1.54) is 0 Å². The lowest BCUT2D eigenvalue weighted by molar-refractivity contribution is 0.284. The van der Waals surface area contributed by atoms with E-state index in [1.807, 2.05) is 66.7 Å². The smallest absolute Gasteiger partial charge is 0.106 e. The molecule has 0 aliphatic rings. The molecule has 3 N–H and O–H groups in total. The van der Waals surface area contributed by atoms with E-state index < -0.39 is 11.1 Å². The number of rotatable bonds is 16. The first-order valence-electron chi connectivity index (χ1n) is 12.9.